The van der Waals surface area contributed by atoms with Gasteiger partial charge in [-0.25, -0.2) is 4.68 Å². The second-order valence-electron chi connectivity index (χ2n) is 5.46. The number of alkyl halides is 3. The summed E-state index contributed by atoms with van der Waals surface area (Å²) in [5.74, 6) is -0.372. The first-order valence-electron chi connectivity index (χ1n) is 7.29. The molecule has 0 aliphatic heterocycles. The van der Waals surface area contributed by atoms with E-state index in [4.69, 9.17) is 0 Å². The van der Waals surface area contributed by atoms with Gasteiger partial charge in [-0.3, -0.25) is 9.48 Å². The number of nitrogens with one attached hydrogen (secondary N) is 1. The highest BCUT2D eigenvalue weighted by Gasteiger charge is 2.34. The van der Waals surface area contributed by atoms with Crippen LogP contribution in [0, 0.1) is 6.92 Å². The summed E-state index contributed by atoms with van der Waals surface area (Å²) in [6.07, 6.45) is -2.84. The van der Waals surface area contributed by atoms with E-state index in [1.807, 2.05) is 0 Å². The second kappa shape index (κ2) is 6.08. The lowest BCUT2D eigenvalue weighted by molar-refractivity contribution is -0.141. The molecule has 0 spiro atoms. The molecule has 1 N–H and O–H groups in total. The molecule has 0 saturated carbocycles. The largest absolute Gasteiger partial charge is 0.435 e. The molecule has 3 rings (SSSR count). The number of aryl methyl sites for hydroxylation is 2. The Kier molecular flexibility index (Phi) is 4.07. The average molecular weight is 349 g/mol. The van der Waals surface area contributed by atoms with Crippen LogP contribution in [0.2, 0.25) is 0 Å². The zero-order chi connectivity index (χ0) is 18.2. The monoisotopic (exact) mass is 349 g/mol. The minimum absolute atomic E-state index is 0.268. The summed E-state index contributed by atoms with van der Waals surface area (Å²) < 4.78 is 40.9. The lowest BCUT2D eigenvalue weighted by atomic mass is 10.2. The fraction of sp³-hybridized carbons (Fsp3) is 0.188. The van der Waals surface area contributed by atoms with E-state index in [1.165, 1.54) is 9.36 Å². The van der Waals surface area contributed by atoms with Gasteiger partial charge in [-0.1, -0.05) is 0 Å². The van der Waals surface area contributed by atoms with Crippen molar-refractivity contribution in [1.82, 2.24) is 19.6 Å². The Morgan fingerprint density at radius 3 is 2.32 bits per heavy atom. The standard InChI is InChI=1S/C16H14F3N5O/c1-10-9-14(16(17,18)19)22-24(10)12-5-3-11(4-6-12)20-15(25)13-7-8-23(2)21-13/h3-9H,1-2H3,(H,20,25). The van der Waals surface area contributed by atoms with Crippen molar-refractivity contribution < 1.29 is 18.0 Å². The minimum atomic E-state index is -4.49. The Labute approximate surface area is 140 Å². The van der Waals surface area contributed by atoms with Gasteiger partial charge in [0.1, 0.15) is 0 Å². The number of nitrogens with zero attached hydrogens (tertiary/aromatic N) is 4. The molecular formula is C16H14F3N5O. The van der Waals surface area contributed by atoms with Crippen molar-refractivity contribution in [2.24, 2.45) is 7.05 Å². The third kappa shape index (κ3) is 3.54. The van der Waals surface area contributed by atoms with Crippen molar-refractivity contribution in [2.75, 3.05) is 5.32 Å². The summed E-state index contributed by atoms with van der Waals surface area (Å²) in [6.45, 7) is 1.54. The van der Waals surface area contributed by atoms with Crippen molar-refractivity contribution in [3.63, 3.8) is 0 Å². The SMILES string of the molecule is Cc1cc(C(F)(F)F)nn1-c1ccc(NC(=O)c2ccn(C)n2)cc1. The van der Waals surface area contributed by atoms with Crippen molar-refractivity contribution >= 4 is 11.6 Å². The average Bonchev–Trinajstić information content (AvgIpc) is 3.14. The molecule has 0 unspecified atom stereocenters. The van der Waals surface area contributed by atoms with Gasteiger partial charge in [0, 0.05) is 24.6 Å². The molecule has 0 fully saturated rings. The van der Waals surface area contributed by atoms with Gasteiger partial charge in [-0.2, -0.15) is 23.4 Å². The highest BCUT2D eigenvalue weighted by molar-refractivity contribution is 6.02. The maximum atomic E-state index is 12.7. The lowest BCUT2D eigenvalue weighted by Gasteiger charge is -2.07. The van der Waals surface area contributed by atoms with Gasteiger partial charge in [0.25, 0.3) is 5.91 Å². The molecule has 0 saturated heterocycles. The molecule has 0 bridgehead atoms. The van der Waals surface area contributed by atoms with Crippen molar-refractivity contribution in [3.05, 3.63) is 59.7 Å². The van der Waals surface area contributed by atoms with E-state index in [1.54, 1.807) is 50.5 Å². The summed E-state index contributed by atoms with van der Waals surface area (Å²) in [6, 6.07) is 8.89. The van der Waals surface area contributed by atoms with E-state index in [9.17, 15) is 18.0 Å². The normalized spacial score (nSPS) is 11.6. The number of hydrogen-bond donors (Lipinski definition) is 1. The van der Waals surface area contributed by atoms with Gasteiger partial charge in [-0.05, 0) is 43.3 Å². The van der Waals surface area contributed by atoms with E-state index < -0.39 is 11.9 Å². The van der Waals surface area contributed by atoms with Crippen LogP contribution in [-0.2, 0) is 13.2 Å². The highest BCUT2D eigenvalue weighted by atomic mass is 19.4. The smallest absolute Gasteiger partial charge is 0.321 e. The Morgan fingerprint density at radius 1 is 1.12 bits per heavy atom. The predicted octanol–water partition coefficient (Wildman–Crippen LogP) is 3.19. The molecule has 130 valence electrons. The molecule has 9 heteroatoms. The van der Waals surface area contributed by atoms with Gasteiger partial charge >= 0.3 is 6.18 Å². The Hall–Kier alpha value is -3.10. The number of carbonyl (C=O) groups is 1. The number of rotatable bonds is 3. The summed E-state index contributed by atoms with van der Waals surface area (Å²) in [5, 5.41) is 10.2. The Bertz CT molecular complexity index is 909. The molecule has 3 aromatic rings. The number of anilines is 1. The molecule has 1 aromatic carbocycles. The zero-order valence-electron chi connectivity index (χ0n) is 13.4. The molecule has 2 aromatic heterocycles. The van der Waals surface area contributed by atoms with E-state index >= 15 is 0 Å². The van der Waals surface area contributed by atoms with Crippen LogP contribution in [0.25, 0.3) is 5.69 Å². The Balaban J connectivity index is 1.79. The molecular weight excluding hydrogens is 335 g/mol. The molecule has 0 atom stereocenters. The molecule has 1 amide bonds. The highest BCUT2D eigenvalue weighted by Crippen LogP contribution is 2.29. The van der Waals surface area contributed by atoms with Crippen LogP contribution in [0.1, 0.15) is 21.9 Å². The maximum absolute atomic E-state index is 12.7. The first-order chi connectivity index (χ1) is 11.7. The number of benzene rings is 1. The van der Waals surface area contributed by atoms with Crippen molar-refractivity contribution in [2.45, 2.75) is 13.1 Å². The summed E-state index contributed by atoms with van der Waals surface area (Å²) in [4.78, 5) is 12.0. The van der Waals surface area contributed by atoms with Crippen molar-refractivity contribution in [1.29, 1.82) is 0 Å². The van der Waals surface area contributed by atoms with Crippen LogP contribution in [0.3, 0.4) is 0 Å². The van der Waals surface area contributed by atoms with Gasteiger partial charge in [0.05, 0.1) is 5.69 Å². The van der Waals surface area contributed by atoms with Crippen LogP contribution in [-0.4, -0.2) is 25.5 Å². The predicted molar refractivity (Wildman–Crippen MR) is 84.5 cm³/mol. The molecule has 0 aliphatic rings. The number of amides is 1. The summed E-state index contributed by atoms with van der Waals surface area (Å²) in [7, 11) is 1.70. The first-order valence-corrected chi connectivity index (χ1v) is 7.29. The maximum Gasteiger partial charge on any atom is 0.435 e. The van der Waals surface area contributed by atoms with E-state index in [0.29, 0.717) is 17.1 Å². The molecule has 0 aliphatic carbocycles. The van der Waals surface area contributed by atoms with Gasteiger partial charge in [0.15, 0.2) is 11.4 Å². The third-order valence-electron chi connectivity index (χ3n) is 3.49. The second-order valence-corrected chi connectivity index (χ2v) is 5.46. The molecule has 0 radical (unpaired) electrons. The minimum Gasteiger partial charge on any atom is -0.321 e. The fourth-order valence-electron chi connectivity index (χ4n) is 2.29. The van der Waals surface area contributed by atoms with Crippen LogP contribution >= 0.6 is 0 Å². The zero-order valence-corrected chi connectivity index (χ0v) is 13.4. The molecule has 2 heterocycles. The Morgan fingerprint density at radius 2 is 1.80 bits per heavy atom. The van der Waals surface area contributed by atoms with Crippen LogP contribution in [0.15, 0.2) is 42.6 Å². The number of hydrogen-bond acceptors (Lipinski definition) is 3. The topological polar surface area (TPSA) is 64.7 Å². The number of halogens is 3. The summed E-state index contributed by atoms with van der Waals surface area (Å²) in [5.41, 5.74) is 0.642. The van der Waals surface area contributed by atoms with E-state index in [0.717, 1.165) is 6.07 Å². The van der Waals surface area contributed by atoms with E-state index in [-0.39, 0.29) is 11.6 Å². The van der Waals surface area contributed by atoms with Gasteiger partial charge in [-0.15, -0.1) is 0 Å². The summed E-state index contributed by atoms with van der Waals surface area (Å²) >= 11 is 0. The van der Waals surface area contributed by atoms with Crippen LogP contribution < -0.4 is 5.32 Å². The molecule has 6 nitrogen and oxygen atoms in total. The lowest BCUT2D eigenvalue weighted by Crippen LogP contribution is -2.13. The number of aromatic nitrogens is 4. The number of carbonyl (C=O) groups excluding carboxylic acids is 1. The van der Waals surface area contributed by atoms with Gasteiger partial charge < -0.3 is 5.32 Å². The molecule has 25 heavy (non-hydrogen) atoms. The first kappa shape index (κ1) is 16.7. The third-order valence-corrected chi connectivity index (χ3v) is 3.49. The van der Waals surface area contributed by atoms with Crippen LogP contribution in [0.4, 0.5) is 18.9 Å². The fourth-order valence-corrected chi connectivity index (χ4v) is 2.29. The van der Waals surface area contributed by atoms with E-state index in [2.05, 4.69) is 15.5 Å². The van der Waals surface area contributed by atoms with Crippen molar-refractivity contribution in [3.8, 4) is 5.69 Å². The van der Waals surface area contributed by atoms with Crippen LogP contribution in [0.5, 0.6) is 0 Å². The quantitative estimate of drug-likeness (QED) is 0.790. The van der Waals surface area contributed by atoms with Gasteiger partial charge in [0.2, 0.25) is 0 Å².